The number of carbonyl (C=O) groups is 1. The molecule has 4 heteroatoms. The van der Waals surface area contributed by atoms with E-state index in [1.54, 1.807) is 36.0 Å². The Kier molecular flexibility index (Phi) is 5.81. The minimum atomic E-state index is -0.209. The lowest BCUT2D eigenvalue weighted by atomic mass is 10.1. The number of rotatable bonds is 7. The Morgan fingerprint density at radius 1 is 1.19 bits per heavy atom. The van der Waals surface area contributed by atoms with Gasteiger partial charge in [0.1, 0.15) is 11.6 Å². The van der Waals surface area contributed by atoms with Crippen LogP contribution in [-0.4, -0.2) is 18.1 Å². The molecule has 0 saturated carbocycles. The first kappa shape index (κ1) is 15.6. The van der Waals surface area contributed by atoms with Gasteiger partial charge < -0.3 is 4.74 Å². The summed E-state index contributed by atoms with van der Waals surface area (Å²) in [6.45, 7) is 2.05. The number of hydrogen-bond donors (Lipinski definition) is 0. The summed E-state index contributed by atoms with van der Waals surface area (Å²) in [5.41, 5.74) is 1.57. The minimum Gasteiger partial charge on any atom is -0.492 e. The van der Waals surface area contributed by atoms with Gasteiger partial charge in [0.2, 0.25) is 0 Å². The van der Waals surface area contributed by atoms with Gasteiger partial charge in [-0.25, -0.2) is 4.39 Å². The fourth-order valence-electron chi connectivity index (χ4n) is 1.91. The molecule has 0 N–H and O–H groups in total. The molecule has 21 heavy (non-hydrogen) atoms. The fourth-order valence-corrected chi connectivity index (χ4v) is 2.67. The van der Waals surface area contributed by atoms with E-state index in [0.717, 1.165) is 17.1 Å². The van der Waals surface area contributed by atoms with Gasteiger partial charge in [0.25, 0.3) is 0 Å². The highest BCUT2D eigenvalue weighted by atomic mass is 32.2. The first-order chi connectivity index (χ1) is 10.2. The summed E-state index contributed by atoms with van der Waals surface area (Å²) in [6, 6.07) is 13.8. The maximum absolute atomic E-state index is 13.0. The van der Waals surface area contributed by atoms with Gasteiger partial charge in [-0.2, -0.15) is 11.8 Å². The number of ketones is 1. The lowest BCUT2D eigenvalue weighted by Gasteiger charge is -2.09. The van der Waals surface area contributed by atoms with Crippen LogP contribution in [0, 0.1) is 5.82 Å². The second-order valence-corrected chi connectivity index (χ2v) is 5.69. The van der Waals surface area contributed by atoms with E-state index in [1.165, 1.54) is 13.0 Å². The number of carbonyl (C=O) groups excluding carboxylic acids is 1. The molecule has 2 nitrogen and oxygen atoms in total. The van der Waals surface area contributed by atoms with Gasteiger partial charge in [0.15, 0.2) is 5.78 Å². The molecule has 0 aliphatic rings. The Balaban J connectivity index is 1.76. The molecule has 0 aliphatic carbocycles. The van der Waals surface area contributed by atoms with Crippen LogP contribution < -0.4 is 4.74 Å². The van der Waals surface area contributed by atoms with E-state index in [-0.39, 0.29) is 11.6 Å². The van der Waals surface area contributed by atoms with Crippen molar-refractivity contribution in [1.29, 1.82) is 0 Å². The molecule has 0 heterocycles. The van der Waals surface area contributed by atoms with Crippen LogP contribution in [0.1, 0.15) is 22.8 Å². The van der Waals surface area contributed by atoms with Crippen LogP contribution in [0.5, 0.6) is 5.75 Å². The second kappa shape index (κ2) is 7.84. The molecule has 110 valence electrons. The van der Waals surface area contributed by atoms with Crippen molar-refractivity contribution in [2.75, 3.05) is 12.4 Å². The zero-order valence-electron chi connectivity index (χ0n) is 11.8. The largest absolute Gasteiger partial charge is 0.492 e. The van der Waals surface area contributed by atoms with Crippen molar-refractivity contribution in [2.45, 2.75) is 12.7 Å². The number of ether oxygens (including phenoxy) is 1. The minimum absolute atomic E-state index is 0.00184. The van der Waals surface area contributed by atoms with Crippen LogP contribution in [-0.2, 0) is 5.75 Å². The topological polar surface area (TPSA) is 26.3 Å². The third-order valence-corrected chi connectivity index (χ3v) is 3.90. The zero-order chi connectivity index (χ0) is 15.1. The number of Topliss-reactive ketones (excluding diaryl/α,β-unsaturated/α-hetero) is 1. The second-order valence-electron chi connectivity index (χ2n) is 4.58. The van der Waals surface area contributed by atoms with Crippen molar-refractivity contribution in [2.24, 2.45) is 0 Å². The molecule has 0 bridgehead atoms. The van der Waals surface area contributed by atoms with Gasteiger partial charge >= 0.3 is 0 Å². The molecule has 2 aromatic carbocycles. The van der Waals surface area contributed by atoms with E-state index in [2.05, 4.69) is 0 Å². The SMILES string of the molecule is CC(=O)c1ccccc1OCCSCc1cccc(F)c1. The molecule has 0 radical (unpaired) electrons. The quantitative estimate of drug-likeness (QED) is 0.562. The fraction of sp³-hybridized carbons (Fsp3) is 0.235. The van der Waals surface area contributed by atoms with Gasteiger partial charge in [0.05, 0.1) is 12.2 Å². The van der Waals surface area contributed by atoms with Gasteiger partial charge in [0, 0.05) is 11.5 Å². The summed E-state index contributed by atoms with van der Waals surface area (Å²) >= 11 is 1.67. The van der Waals surface area contributed by atoms with E-state index in [0.29, 0.717) is 17.9 Å². The monoisotopic (exact) mass is 304 g/mol. The van der Waals surface area contributed by atoms with E-state index in [1.807, 2.05) is 18.2 Å². The molecule has 0 unspecified atom stereocenters. The molecule has 0 spiro atoms. The lowest BCUT2D eigenvalue weighted by Crippen LogP contribution is -2.04. The molecule has 0 aromatic heterocycles. The molecule has 2 rings (SSSR count). The van der Waals surface area contributed by atoms with Gasteiger partial charge in [-0.1, -0.05) is 24.3 Å². The number of para-hydroxylation sites is 1. The highest BCUT2D eigenvalue weighted by Crippen LogP contribution is 2.19. The molecular formula is C17H17FO2S. The van der Waals surface area contributed by atoms with Crippen LogP contribution >= 0.6 is 11.8 Å². The zero-order valence-corrected chi connectivity index (χ0v) is 12.7. The van der Waals surface area contributed by atoms with Crippen LogP contribution in [0.25, 0.3) is 0 Å². The standard InChI is InChI=1S/C17H17FO2S/c1-13(19)16-7-2-3-8-17(16)20-9-10-21-12-14-5-4-6-15(18)11-14/h2-8,11H,9-10,12H2,1H3. The predicted molar refractivity (Wildman–Crippen MR) is 84.5 cm³/mol. The van der Waals surface area contributed by atoms with Gasteiger partial charge in [-0.3, -0.25) is 4.79 Å². The third kappa shape index (κ3) is 4.90. The molecular weight excluding hydrogens is 287 g/mol. The Hall–Kier alpha value is -1.81. The van der Waals surface area contributed by atoms with Gasteiger partial charge in [-0.15, -0.1) is 0 Å². The third-order valence-electron chi connectivity index (χ3n) is 2.91. The number of benzene rings is 2. The molecule has 0 amide bonds. The molecule has 2 aromatic rings. The molecule has 0 saturated heterocycles. The summed E-state index contributed by atoms with van der Waals surface area (Å²) in [5, 5.41) is 0. The van der Waals surface area contributed by atoms with Crippen LogP contribution in [0.4, 0.5) is 4.39 Å². The van der Waals surface area contributed by atoms with E-state index >= 15 is 0 Å². The maximum Gasteiger partial charge on any atom is 0.163 e. The predicted octanol–water partition coefficient (Wildman–Crippen LogP) is 4.34. The first-order valence-corrected chi connectivity index (χ1v) is 7.87. The summed E-state index contributed by atoms with van der Waals surface area (Å²) in [4.78, 5) is 11.5. The number of halogens is 1. The van der Waals surface area contributed by atoms with Crippen LogP contribution in [0.2, 0.25) is 0 Å². The number of hydrogen-bond acceptors (Lipinski definition) is 3. The van der Waals surface area contributed by atoms with Crippen molar-refractivity contribution >= 4 is 17.5 Å². The Labute approximate surface area is 128 Å². The van der Waals surface area contributed by atoms with Crippen molar-refractivity contribution in [3.05, 3.63) is 65.5 Å². The lowest BCUT2D eigenvalue weighted by molar-refractivity contribution is 0.101. The van der Waals surface area contributed by atoms with Crippen molar-refractivity contribution in [3.8, 4) is 5.75 Å². The molecule has 0 aliphatic heterocycles. The van der Waals surface area contributed by atoms with Crippen molar-refractivity contribution in [1.82, 2.24) is 0 Å². The normalized spacial score (nSPS) is 10.4. The van der Waals surface area contributed by atoms with E-state index in [4.69, 9.17) is 4.74 Å². The average molecular weight is 304 g/mol. The summed E-state index contributed by atoms with van der Waals surface area (Å²) < 4.78 is 18.7. The van der Waals surface area contributed by atoms with Crippen LogP contribution in [0.15, 0.2) is 48.5 Å². The molecule has 0 atom stereocenters. The Bertz CT molecular complexity index is 613. The van der Waals surface area contributed by atoms with E-state index < -0.39 is 0 Å². The van der Waals surface area contributed by atoms with E-state index in [9.17, 15) is 9.18 Å². The highest BCUT2D eigenvalue weighted by molar-refractivity contribution is 7.98. The van der Waals surface area contributed by atoms with Crippen molar-refractivity contribution in [3.63, 3.8) is 0 Å². The number of thioether (sulfide) groups is 1. The van der Waals surface area contributed by atoms with Crippen LogP contribution in [0.3, 0.4) is 0 Å². The summed E-state index contributed by atoms with van der Waals surface area (Å²) in [6.07, 6.45) is 0. The van der Waals surface area contributed by atoms with Gasteiger partial charge in [-0.05, 0) is 36.8 Å². The Morgan fingerprint density at radius 3 is 2.76 bits per heavy atom. The summed E-state index contributed by atoms with van der Waals surface area (Å²) in [7, 11) is 0. The highest BCUT2D eigenvalue weighted by Gasteiger charge is 2.06. The molecule has 0 fully saturated rings. The smallest absolute Gasteiger partial charge is 0.163 e. The Morgan fingerprint density at radius 2 is 2.00 bits per heavy atom. The van der Waals surface area contributed by atoms with Crippen molar-refractivity contribution < 1.29 is 13.9 Å². The maximum atomic E-state index is 13.0. The average Bonchev–Trinajstić information content (AvgIpc) is 2.47. The first-order valence-electron chi connectivity index (χ1n) is 6.72. The summed E-state index contributed by atoms with van der Waals surface area (Å²) in [5.74, 6) is 1.94.